The standard InChI is InChI=1S/C17H16N2OS/c20-17(14-21-16-11-5-2-6-12-16)19-18-13-7-10-15-8-3-1-4-9-15/h1-13H,14H2,(H,19,20)/b10-7+,18-13?. The molecule has 2 aromatic carbocycles. The van der Waals surface area contributed by atoms with Crippen molar-refractivity contribution < 1.29 is 4.79 Å². The number of nitrogens with zero attached hydrogens (tertiary/aromatic N) is 1. The van der Waals surface area contributed by atoms with Gasteiger partial charge in [0, 0.05) is 11.1 Å². The van der Waals surface area contributed by atoms with Crippen LogP contribution >= 0.6 is 11.8 Å². The van der Waals surface area contributed by atoms with Crippen molar-refractivity contribution in [2.45, 2.75) is 4.90 Å². The Morgan fingerprint density at radius 3 is 2.43 bits per heavy atom. The van der Waals surface area contributed by atoms with Crippen LogP contribution in [0.25, 0.3) is 6.08 Å². The van der Waals surface area contributed by atoms with Gasteiger partial charge in [-0.1, -0.05) is 54.6 Å². The largest absolute Gasteiger partial charge is 0.272 e. The van der Waals surface area contributed by atoms with Gasteiger partial charge >= 0.3 is 0 Å². The third-order valence-corrected chi connectivity index (χ3v) is 3.56. The van der Waals surface area contributed by atoms with Gasteiger partial charge in [0.25, 0.3) is 0 Å². The van der Waals surface area contributed by atoms with Crippen LogP contribution in [0.15, 0.2) is 76.7 Å². The van der Waals surface area contributed by atoms with Crippen LogP contribution in [0.5, 0.6) is 0 Å². The SMILES string of the molecule is O=C(CSc1ccccc1)NN=C/C=C/c1ccccc1. The molecule has 2 rings (SSSR count). The Hall–Kier alpha value is -2.33. The van der Waals surface area contributed by atoms with Gasteiger partial charge in [0.1, 0.15) is 0 Å². The summed E-state index contributed by atoms with van der Waals surface area (Å²) in [6, 6.07) is 19.7. The lowest BCUT2D eigenvalue weighted by Gasteiger charge is -1.99. The van der Waals surface area contributed by atoms with Gasteiger partial charge in [-0.3, -0.25) is 4.79 Å². The number of thioether (sulfide) groups is 1. The first-order valence-corrected chi connectivity index (χ1v) is 7.54. The zero-order valence-electron chi connectivity index (χ0n) is 11.5. The zero-order valence-corrected chi connectivity index (χ0v) is 12.3. The van der Waals surface area contributed by atoms with Gasteiger partial charge in [-0.05, 0) is 23.8 Å². The summed E-state index contributed by atoms with van der Waals surface area (Å²) in [5.74, 6) is 0.234. The van der Waals surface area contributed by atoms with Crippen LogP contribution in [-0.4, -0.2) is 17.9 Å². The van der Waals surface area contributed by atoms with Crippen molar-refractivity contribution in [3.63, 3.8) is 0 Å². The lowest BCUT2D eigenvalue weighted by molar-refractivity contribution is -0.118. The maximum Gasteiger partial charge on any atom is 0.250 e. The van der Waals surface area contributed by atoms with Crippen LogP contribution in [0.3, 0.4) is 0 Å². The molecular weight excluding hydrogens is 280 g/mol. The highest BCUT2D eigenvalue weighted by Gasteiger charge is 2.00. The van der Waals surface area contributed by atoms with E-state index in [4.69, 9.17) is 0 Å². The third-order valence-electron chi connectivity index (χ3n) is 2.55. The van der Waals surface area contributed by atoms with E-state index in [1.807, 2.05) is 66.7 Å². The number of allylic oxidation sites excluding steroid dienone is 1. The number of amides is 1. The number of benzene rings is 2. The minimum Gasteiger partial charge on any atom is -0.272 e. The molecule has 0 fully saturated rings. The zero-order chi connectivity index (χ0) is 14.8. The maximum absolute atomic E-state index is 11.6. The van der Waals surface area contributed by atoms with Crippen LogP contribution in [0.2, 0.25) is 0 Å². The molecular formula is C17H16N2OS. The van der Waals surface area contributed by atoms with Crippen molar-refractivity contribution in [1.82, 2.24) is 5.43 Å². The molecule has 0 aromatic heterocycles. The van der Waals surface area contributed by atoms with Gasteiger partial charge in [0.05, 0.1) is 5.75 Å². The second-order valence-corrected chi connectivity index (χ2v) is 5.23. The molecule has 1 amide bonds. The van der Waals surface area contributed by atoms with Crippen molar-refractivity contribution in [1.29, 1.82) is 0 Å². The molecule has 0 atom stereocenters. The Kier molecular flexibility index (Phi) is 6.29. The van der Waals surface area contributed by atoms with E-state index >= 15 is 0 Å². The molecule has 106 valence electrons. The van der Waals surface area contributed by atoms with E-state index in [9.17, 15) is 4.79 Å². The quantitative estimate of drug-likeness (QED) is 0.503. The van der Waals surface area contributed by atoms with Crippen molar-refractivity contribution in [3.8, 4) is 0 Å². The fourth-order valence-corrected chi connectivity index (χ4v) is 2.28. The fourth-order valence-electron chi connectivity index (χ4n) is 1.57. The number of hydrazone groups is 1. The van der Waals surface area contributed by atoms with E-state index in [2.05, 4.69) is 10.5 Å². The molecule has 21 heavy (non-hydrogen) atoms. The molecule has 3 nitrogen and oxygen atoms in total. The minimum absolute atomic E-state index is 0.117. The van der Waals surface area contributed by atoms with E-state index in [-0.39, 0.29) is 5.91 Å². The molecule has 0 spiro atoms. The molecule has 0 bridgehead atoms. The lowest BCUT2D eigenvalue weighted by atomic mass is 10.2. The molecule has 2 aromatic rings. The van der Waals surface area contributed by atoms with Gasteiger partial charge < -0.3 is 0 Å². The maximum atomic E-state index is 11.6. The smallest absolute Gasteiger partial charge is 0.250 e. The Labute approximate surface area is 128 Å². The first kappa shape index (κ1) is 15.1. The monoisotopic (exact) mass is 296 g/mol. The molecule has 1 N–H and O–H groups in total. The van der Waals surface area contributed by atoms with E-state index in [0.29, 0.717) is 5.75 Å². The number of nitrogens with one attached hydrogen (secondary N) is 1. The number of hydrogen-bond donors (Lipinski definition) is 1. The Bertz CT molecular complexity index is 609. The topological polar surface area (TPSA) is 41.5 Å². The van der Waals surface area contributed by atoms with Gasteiger partial charge in [0.15, 0.2) is 0 Å². The summed E-state index contributed by atoms with van der Waals surface area (Å²) in [5, 5.41) is 3.87. The molecule has 0 aliphatic carbocycles. The summed E-state index contributed by atoms with van der Waals surface area (Å²) in [7, 11) is 0. The molecule has 0 heterocycles. The molecule has 0 radical (unpaired) electrons. The summed E-state index contributed by atoms with van der Waals surface area (Å²) in [6.45, 7) is 0. The molecule has 4 heteroatoms. The fraction of sp³-hybridized carbons (Fsp3) is 0.0588. The third kappa shape index (κ3) is 6.10. The minimum atomic E-state index is -0.117. The highest BCUT2D eigenvalue weighted by Crippen LogP contribution is 2.15. The van der Waals surface area contributed by atoms with Crippen LogP contribution in [-0.2, 0) is 4.79 Å². The summed E-state index contributed by atoms with van der Waals surface area (Å²) in [6.07, 6.45) is 5.28. The van der Waals surface area contributed by atoms with Gasteiger partial charge in [-0.15, -0.1) is 11.8 Å². The predicted molar refractivity (Wildman–Crippen MR) is 89.3 cm³/mol. The Balaban J connectivity index is 1.69. The molecule has 0 aliphatic heterocycles. The van der Waals surface area contributed by atoms with Crippen molar-refractivity contribution >= 4 is 30.0 Å². The van der Waals surface area contributed by atoms with E-state index in [1.54, 1.807) is 12.3 Å². The van der Waals surface area contributed by atoms with Gasteiger partial charge in [0.2, 0.25) is 5.91 Å². The first-order chi connectivity index (χ1) is 10.3. The average Bonchev–Trinajstić information content (AvgIpc) is 2.54. The highest BCUT2D eigenvalue weighted by molar-refractivity contribution is 8.00. The number of carbonyl (C=O) groups is 1. The normalized spacial score (nSPS) is 11.0. The highest BCUT2D eigenvalue weighted by atomic mass is 32.2. The second-order valence-electron chi connectivity index (χ2n) is 4.18. The van der Waals surface area contributed by atoms with Gasteiger partial charge in [-0.2, -0.15) is 5.10 Å². The van der Waals surface area contributed by atoms with Gasteiger partial charge in [-0.25, -0.2) is 5.43 Å². The summed E-state index contributed by atoms with van der Waals surface area (Å²) >= 11 is 1.49. The van der Waals surface area contributed by atoms with Crippen LogP contribution in [0, 0.1) is 0 Å². The summed E-state index contributed by atoms with van der Waals surface area (Å²) in [4.78, 5) is 12.6. The Morgan fingerprint density at radius 2 is 1.71 bits per heavy atom. The molecule has 0 unspecified atom stereocenters. The molecule has 0 aliphatic rings. The number of hydrogen-bond acceptors (Lipinski definition) is 3. The average molecular weight is 296 g/mol. The predicted octanol–water partition coefficient (Wildman–Crippen LogP) is 3.59. The van der Waals surface area contributed by atoms with Crippen molar-refractivity contribution in [2.75, 3.05) is 5.75 Å². The second kappa shape index (κ2) is 8.76. The van der Waals surface area contributed by atoms with E-state index in [0.717, 1.165) is 10.5 Å². The van der Waals surface area contributed by atoms with Crippen LogP contribution in [0.4, 0.5) is 0 Å². The van der Waals surface area contributed by atoms with E-state index in [1.165, 1.54) is 11.8 Å². The summed E-state index contributed by atoms with van der Waals surface area (Å²) in [5.41, 5.74) is 3.59. The Morgan fingerprint density at radius 1 is 1.05 bits per heavy atom. The lowest BCUT2D eigenvalue weighted by Crippen LogP contribution is -2.19. The summed E-state index contributed by atoms with van der Waals surface area (Å²) < 4.78 is 0. The van der Waals surface area contributed by atoms with E-state index < -0.39 is 0 Å². The van der Waals surface area contributed by atoms with Crippen molar-refractivity contribution in [2.24, 2.45) is 5.10 Å². The van der Waals surface area contributed by atoms with Crippen LogP contribution in [0.1, 0.15) is 5.56 Å². The molecule has 0 saturated heterocycles. The van der Waals surface area contributed by atoms with Crippen LogP contribution < -0.4 is 5.43 Å². The number of carbonyl (C=O) groups excluding carboxylic acids is 1. The number of rotatable bonds is 6. The first-order valence-electron chi connectivity index (χ1n) is 6.56. The van der Waals surface area contributed by atoms with Crippen molar-refractivity contribution in [3.05, 3.63) is 72.3 Å². The molecule has 0 saturated carbocycles.